The van der Waals surface area contributed by atoms with Gasteiger partial charge in [0.2, 0.25) is 10.0 Å². The van der Waals surface area contributed by atoms with Gasteiger partial charge in [-0.2, -0.15) is 0 Å². The first-order valence-electron chi connectivity index (χ1n) is 8.89. The van der Waals surface area contributed by atoms with E-state index >= 15 is 0 Å². The van der Waals surface area contributed by atoms with Gasteiger partial charge in [-0.15, -0.1) is 0 Å². The Kier molecular flexibility index (Phi) is 7.38. The Morgan fingerprint density at radius 3 is 2.41 bits per heavy atom. The number of hydrogen-bond donors (Lipinski definition) is 3. The van der Waals surface area contributed by atoms with E-state index in [4.69, 9.17) is 0 Å². The van der Waals surface area contributed by atoms with Crippen molar-refractivity contribution < 1.29 is 8.42 Å². The molecule has 2 rings (SSSR count). The Balaban J connectivity index is 1.84. The normalized spacial score (nSPS) is 12.1. The average molecular weight is 389 g/mol. The maximum absolute atomic E-state index is 12.5. The summed E-state index contributed by atoms with van der Waals surface area (Å²) in [7, 11) is -1.84. The van der Waals surface area contributed by atoms with E-state index in [1.54, 1.807) is 20.0 Å². The van der Waals surface area contributed by atoms with Crippen LogP contribution < -0.4 is 15.4 Å². The van der Waals surface area contributed by atoms with Crippen molar-refractivity contribution in [1.82, 2.24) is 15.4 Å². The zero-order valence-electron chi connectivity index (χ0n) is 16.3. The number of guanidine groups is 1. The Morgan fingerprint density at radius 2 is 1.70 bits per heavy atom. The molecule has 2 aromatic carbocycles. The fourth-order valence-electron chi connectivity index (χ4n) is 2.65. The first-order chi connectivity index (χ1) is 12.8. The predicted octanol–water partition coefficient (Wildman–Crippen LogP) is 2.26. The topological polar surface area (TPSA) is 82.6 Å². The maximum atomic E-state index is 12.5. The molecule has 0 atom stereocenters. The second-order valence-corrected chi connectivity index (χ2v) is 8.18. The minimum atomic E-state index is -3.53. The lowest BCUT2D eigenvalue weighted by atomic mass is 10.1. The smallest absolute Gasteiger partial charge is 0.240 e. The number of nitrogens with zero attached hydrogens (tertiary/aromatic N) is 1. The molecule has 0 amide bonds. The molecule has 7 heteroatoms. The van der Waals surface area contributed by atoms with E-state index in [2.05, 4.69) is 39.4 Å². The van der Waals surface area contributed by atoms with Crippen LogP contribution in [0.15, 0.2) is 52.4 Å². The summed E-state index contributed by atoms with van der Waals surface area (Å²) in [5, 5.41) is 6.36. The van der Waals surface area contributed by atoms with Crippen molar-refractivity contribution in [3.8, 4) is 0 Å². The monoisotopic (exact) mass is 388 g/mol. The molecule has 0 bridgehead atoms. The second kappa shape index (κ2) is 9.53. The maximum Gasteiger partial charge on any atom is 0.240 e. The van der Waals surface area contributed by atoms with E-state index in [1.807, 2.05) is 31.2 Å². The van der Waals surface area contributed by atoms with E-state index in [-0.39, 0.29) is 6.54 Å². The third-order valence-corrected chi connectivity index (χ3v) is 5.88. The highest BCUT2D eigenvalue weighted by Crippen LogP contribution is 2.16. The molecule has 27 heavy (non-hydrogen) atoms. The van der Waals surface area contributed by atoms with Crippen LogP contribution in [-0.4, -0.2) is 34.5 Å². The van der Waals surface area contributed by atoms with Crippen molar-refractivity contribution in [3.05, 3.63) is 64.7 Å². The molecule has 0 unspecified atom stereocenters. The first kappa shape index (κ1) is 20.9. The van der Waals surface area contributed by atoms with Crippen molar-refractivity contribution in [1.29, 1.82) is 0 Å². The van der Waals surface area contributed by atoms with Crippen LogP contribution in [0.2, 0.25) is 0 Å². The van der Waals surface area contributed by atoms with Crippen molar-refractivity contribution in [3.63, 3.8) is 0 Å². The van der Waals surface area contributed by atoms with E-state index in [0.717, 1.165) is 11.1 Å². The number of nitrogens with one attached hydrogen (secondary N) is 3. The number of sulfonamides is 1. The fraction of sp³-hybridized carbons (Fsp3) is 0.350. The number of benzene rings is 2. The van der Waals surface area contributed by atoms with Gasteiger partial charge in [-0.25, -0.2) is 13.1 Å². The van der Waals surface area contributed by atoms with Crippen molar-refractivity contribution in [2.75, 3.05) is 20.1 Å². The number of rotatable bonds is 7. The predicted molar refractivity (Wildman–Crippen MR) is 110 cm³/mol. The molecule has 0 heterocycles. The lowest BCUT2D eigenvalue weighted by molar-refractivity contribution is 0.580. The van der Waals surface area contributed by atoms with Crippen molar-refractivity contribution >= 4 is 16.0 Å². The summed E-state index contributed by atoms with van der Waals surface area (Å²) in [6, 6.07) is 13.5. The van der Waals surface area contributed by atoms with E-state index in [9.17, 15) is 8.42 Å². The molecule has 2 aromatic rings. The molecule has 0 aliphatic rings. The van der Waals surface area contributed by atoms with Crippen molar-refractivity contribution in [2.45, 2.75) is 32.2 Å². The van der Waals surface area contributed by atoms with E-state index in [1.165, 1.54) is 11.1 Å². The van der Waals surface area contributed by atoms with Crippen LogP contribution in [0, 0.1) is 20.8 Å². The van der Waals surface area contributed by atoms with Gasteiger partial charge in [0.25, 0.3) is 0 Å². The Morgan fingerprint density at radius 1 is 0.963 bits per heavy atom. The largest absolute Gasteiger partial charge is 0.355 e. The molecule has 0 fully saturated rings. The number of aliphatic imine (C=N–C) groups is 1. The third kappa shape index (κ3) is 6.08. The summed E-state index contributed by atoms with van der Waals surface area (Å²) in [5.74, 6) is 0.629. The molecule has 0 saturated carbocycles. The van der Waals surface area contributed by atoms with Gasteiger partial charge in [0.1, 0.15) is 0 Å². The third-order valence-electron chi connectivity index (χ3n) is 4.27. The highest BCUT2D eigenvalue weighted by atomic mass is 32.2. The highest BCUT2D eigenvalue weighted by Gasteiger charge is 2.16. The molecule has 0 aromatic heterocycles. The number of hydrogen-bond acceptors (Lipinski definition) is 3. The molecule has 146 valence electrons. The minimum Gasteiger partial charge on any atom is -0.355 e. The summed E-state index contributed by atoms with van der Waals surface area (Å²) >= 11 is 0. The van der Waals surface area contributed by atoms with Crippen LogP contribution in [0.3, 0.4) is 0 Å². The lowest BCUT2D eigenvalue weighted by Gasteiger charge is -2.14. The molecule has 0 saturated heterocycles. The highest BCUT2D eigenvalue weighted by molar-refractivity contribution is 7.89. The zero-order chi connectivity index (χ0) is 19.9. The molecular formula is C20H28N4O2S. The van der Waals surface area contributed by atoms with E-state index in [0.29, 0.717) is 23.9 Å². The molecular weight excluding hydrogens is 360 g/mol. The standard InChI is InChI=1S/C20H28N4O2S/c1-15-9-10-17(3)19(13-15)27(25,26)24-12-11-22-20(21-4)23-14-18-8-6-5-7-16(18)2/h5-10,13,24H,11-12,14H2,1-4H3,(H2,21,22,23). The summed E-state index contributed by atoms with van der Waals surface area (Å²) in [6.07, 6.45) is 0. The zero-order valence-corrected chi connectivity index (χ0v) is 17.2. The van der Waals surface area contributed by atoms with Gasteiger partial charge in [-0.05, 0) is 49.1 Å². The second-order valence-electron chi connectivity index (χ2n) is 6.45. The van der Waals surface area contributed by atoms with Gasteiger partial charge < -0.3 is 10.6 Å². The molecule has 6 nitrogen and oxygen atoms in total. The van der Waals surface area contributed by atoms with Gasteiger partial charge in [-0.1, -0.05) is 36.4 Å². The van der Waals surface area contributed by atoms with Crippen LogP contribution >= 0.6 is 0 Å². The van der Waals surface area contributed by atoms with Gasteiger partial charge in [-0.3, -0.25) is 4.99 Å². The van der Waals surface area contributed by atoms with Crippen LogP contribution in [0.5, 0.6) is 0 Å². The van der Waals surface area contributed by atoms with Crippen molar-refractivity contribution in [2.24, 2.45) is 4.99 Å². The molecule has 3 N–H and O–H groups in total. The summed E-state index contributed by atoms with van der Waals surface area (Å²) in [4.78, 5) is 4.49. The van der Waals surface area contributed by atoms with Crippen LogP contribution in [0.4, 0.5) is 0 Å². The van der Waals surface area contributed by atoms with Gasteiger partial charge in [0, 0.05) is 26.7 Å². The minimum absolute atomic E-state index is 0.265. The van der Waals surface area contributed by atoms with Gasteiger partial charge in [0.05, 0.1) is 4.90 Å². The SMILES string of the molecule is CN=C(NCCNS(=O)(=O)c1cc(C)ccc1C)NCc1ccccc1C. The Bertz CT molecular complexity index is 908. The molecule has 0 spiro atoms. The first-order valence-corrected chi connectivity index (χ1v) is 10.4. The summed E-state index contributed by atoms with van der Waals surface area (Å²) < 4.78 is 27.6. The molecule has 0 aliphatic heterocycles. The van der Waals surface area contributed by atoms with E-state index < -0.39 is 10.0 Å². The number of aryl methyl sites for hydroxylation is 3. The molecule has 0 aliphatic carbocycles. The van der Waals surface area contributed by atoms with Gasteiger partial charge in [0.15, 0.2) is 5.96 Å². The van der Waals surface area contributed by atoms with Crippen LogP contribution in [0.1, 0.15) is 22.3 Å². The van der Waals surface area contributed by atoms with Crippen LogP contribution in [0.25, 0.3) is 0 Å². The van der Waals surface area contributed by atoms with Crippen LogP contribution in [-0.2, 0) is 16.6 Å². The quantitative estimate of drug-likeness (QED) is 0.386. The average Bonchev–Trinajstić information content (AvgIpc) is 2.64. The van der Waals surface area contributed by atoms with Gasteiger partial charge >= 0.3 is 0 Å². The summed E-state index contributed by atoms with van der Waals surface area (Å²) in [5.41, 5.74) is 4.05. The summed E-state index contributed by atoms with van der Waals surface area (Å²) in [6.45, 7) is 7.09. The Hall–Kier alpha value is -2.38. The fourth-order valence-corrected chi connectivity index (χ4v) is 4.01. The molecule has 0 radical (unpaired) electrons. The lowest BCUT2D eigenvalue weighted by Crippen LogP contribution is -2.41. The Labute approximate surface area is 162 Å².